The van der Waals surface area contributed by atoms with Crippen LogP contribution in [-0.4, -0.2) is 43.8 Å². The molecule has 4 aromatic rings. The summed E-state index contributed by atoms with van der Waals surface area (Å²) in [4.78, 5) is 29.5. The van der Waals surface area contributed by atoms with Gasteiger partial charge in [-0.15, -0.1) is 0 Å². The fraction of sp³-hybridized carbons (Fsp3) is 0.212. The van der Waals surface area contributed by atoms with Crippen LogP contribution in [0.1, 0.15) is 25.0 Å². The lowest BCUT2D eigenvalue weighted by Crippen LogP contribution is -2.54. The molecule has 0 aliphatic rings. The third-order valence-corrected chi connectivity index (χ3v) is 9.48. The molecule has 0 heterocycles. The minimum Gasteiger partial charge on any atom is -0.352 e. The van der Waals surface area contributed by atoms with Crippen molar-refractivity contribution < 1.29 is 18.0 Å². The Morgan fingerprint density at radius 2 is 1.41 bits per heavy atom. The minimum absolute atomic E-state index is 0.0281. The van der Waals surface area contributed by atoms with Crippen LogP contribution in [0.2, 0.25) is 15.1 Å². The Morgan fingerprint density at radius 1 is 0.795 bits per heavy atom. The van der Waals surface area contributed by atoms with E-state index in [-0.39, 0.29) is 45.5 Å². The van der Waals surface area contributed by atoms with Crippen LogP contribution < -0.4 is 9.62 Å². The number of rotatable bonds is 12. The molecule has 1 N–H and O–H groups in total. The van der Waals surface area contributed by atoms with Gasteiger partial charge in [-0.05, 0) is 61.4 Å². The maximum Gasteiger partial charge on any atom is 0.264 e. The minimum atomic E-state index is -4.31. The Labute approximate surface area is 273 Å². The fourth-order valence-electron chi connectivity index (χ4n) is 4.65. The van der Waals surface area contributed by atoms with Gasteiger partial charge in [0.15, 0.2) is 0 Å². The summed E-state index contributed by atoms with van der Waals surface area (Å²) in [6.07, 6.45) is 0.180. The van der Waals surface area contributed by atoms with Crippen molar-refractivity contribution in [3.63, 3.8) is 0 Å². The molecule has 44 heavy (non-hydrogen) atoms. The number of hydrogen-bond donors (Lipinski definition) is 1. The Kier molecular flexibility index (Phi) is 11.3. The maximum atomic E-state index is 14.5. The highest BCUT2D eigenvalue weighted by molar-refractivity contribution is 7.92. The van der Waals surface area contributed by atoms with Crippen LogP contribution in [0.15, 0.2) is 108 Å². The van der Waals surface area contributed by atoms with E-state index in [1.807, 2.05) is 44.2 Å². The summed E-state index contributed by atoms with van der Waals surface area (Å²) >= 11 is 19.3. The number of benzene rings is 4. The summed E-state index contributed by atoms with van der Waals surface area (Å²) in [6.45, 7) is 2.94. The van der Waals surface area contributed by atoms with Crippen LogP contribution in [-0.2, 0) is 32.6 Å². The fourth-order valence-corrected chi connectivity index (χ4v) is 6.73. The molecular formula is C33H32Cl3N3O4S. The van der Waals surface area contributed by atoms with Gasteiger partial charge < -0.3 is 10.2 Å². The van der Waals surface area contributed by atoms with Crippen LogP contribution in [0.25, 0.3) is 0 Å². The molecule has 0 saturated carbocycles. The molecule has 0 spiro atoms. The molecule has 2 amide bonds. The van der Waals surface area contributed by atoms with Gasteiger partial charge in [0.1, 0.15) is 12.6 Å². The number of hydrogen-bond acceptors (Lipinski definition) is 4. The Balaban J connectivity index is 1.84. The Hall–Kier alpha value is -3.56. The maximum absolute atomic E-state index is 14.5. The Morgan fingerprint density at radius 3 is 2.05 bits per heavy atom. The molecular weight excluding hydrogens is 641 g/mol. The summed E-state index contributed by atoms with van der Waals surface area (Å²) in [5, 5.41) is 3.64. The number of nitrogens with zero attached hydrogens (tertiary/aromatic N) is 2. The summed E-state index contributed by atoms with van der Waals surface area (Å²) in [5.74, 6) is -1.03. The van der Waals surface area contributed by atoms with Crippen LogP contribution in [0, 0.1) is 0 Å². The van der Waals surface area contributed by atoms with Crippen molar-refractivity contribution in [1.82, 2.24) is 10.2 Å². The summed E-state index contributed by atoms with van der Waals surface area (Å²) in [7, 11) is -4.31. The molecule has 1 unspecified atom stereocenters. The van der Waals surface area contributed by atoms with Gasteiger partial charge in [-0.2, -0.15) is 0 Å². The molecule has 0 aliphatic heterocycles. The smallest absolute Gasteiger partial charge is 0.264 e. The molecule has 11 heteroatoms. The first kappa shape index (κ1) is 33.3. The van der Waals surface area contributed by atoms with Crippen molar-refractivity contribution in [3.8, 4) is 0 Å². The van der Waals surface area contributed by atoms with Gasteiger partial charge in [0, 0.05) is 29.1 Å². The predicted octanol–water partition coefficient (Wildman–Crippen LogP) is 7.01. The highest BCUT2D eigenvalue weighted by atomic mass is 35.5. The van der Waals surface area contributed by atoms with E-state index in [2.05, 4.69) is 5.32 Å². The standard InChI is InChI=1S/C33H32Cl3N3O4S/c1-23(2)37-33(41)31(19-24-11-5-3-6-12-24)38(21-25-13-9-10-16-28(25)35)32(40)22-39(30-20-26(34)17-18-29(30)36)44(42,43)27-14-7-4-8-15-27/h3-18,20,23,31H,19,21-22H2,1-2H3,(H,37,41). The molecule has 0 saturated heterocycles. The normalized spacial score (nSPS) is 12.0. The monoisotopic (exact) mass is 671 g/mol. The molecule has 0 bridgehead atoms. The molecule has 4 rings (SSSR count). The van der Waals surface area contributed by atoms with Gasteiger partial charge in [0.2, 0.25) is 11.8 Å². The average Bonchev–Trinajstić information content (AvgIpc) is 3.00. The number of carbonyl (C=O) groups is 2. The predicted molar refractivity (Wildman–Crippen MR) is 177 cm³/mol. The molecule has 0 radical (unpaired) electrons. The van der Waals surface area contributed by atoms with Crippen molar-refractivity contribution in [2.75, 3.05) is 10.8 Å². The van der Waals surface area contributed by atoms with Crippen LogP contribution >= 0.6 is 34.8 Å². The summed E-state index contributed by atoms with van der Waals surface area (Å²) < 4.78 is 29.0. The van der Waals surface area contributed by atoms with E-state index in [9.17, 15) is 18.0 Å². The highest BCUT2D eigenvalue weighted by Gasteiger charge is 2.35. The first-order chi connectivity index (χ1) is 21.0. The molecule has 1 atom stereocenters. The van der Waals surface area contributed by atoms with Crippen molar-refractivity contribution in [2.45, 2.75) is 43.8 Å². The second-order valence-electron chi connectivity index (χ2n) is 10.4. The largest absolute Gasteiger partial charge is 0.352 e. The second-order valence-corrected chi connectivity index (χ2v) is 13.5. The van der Waals surface area contributed by atoms with E-state index in [1.54, 1.807) is 42.5 Å². The number of halogens is 3. The third kappa shape index (κ3) is 8.33. The van der Waals surface area contributed by atoms with E-state index in [0.717, 1.165) is 9.87 Å². The number of amides is 2. The summed E-state index contributed by atoms with van der Waals surface area (Å²) in [5.41, 5.74) is 1.44. The van der Waals surface area contributed by atoms with Gasteiger partial charge in [-0.25, -0.2) is 8.42 Å². The van der Waals surface area contributed by atoms with Crippen molar-refractivity contribution in [1.29, 1.82) is 0 Å². The molecule has 0 fully saturated rings. The zero-order chi connectivity index (χ0) is 31.9. The van der Waals surface area contributed by atoms with Gasteiger partial charge in [0.25, 0.3) is 10.0 Å². The van der Waals surface area contributed by atoms with Crippen molar-refractivity contribution >= 4 is 62.3 Å². The summed E-state index contributed by atoms with van der Waals surface area (Å²) in [6, 6.07) is 27.2. The lowest BCUT2D eigenvalue weighted by molar-refractivity contribution is -0.140. The van der Waals surface area contributed by atoms with E-state index < -0.39 is 28.5 Å². The van der Waals surface area contributed by atoms with E-state index >= 15 is 0 Å². The van der Waals surface area contributed by atoms with E-state index in [0.29, 0.717) is 10.6 Å². The van der Waals surface area contributed by atoms with Gasteiger partial charge in [0.05, 0.1) is 15.6 Å². The quantitative estimate of drug-likeness (QED) is 0.176. The topological polar surface area (TPSA) is 86.8 Å². The van der Waals surface area contributed by atoms with Crippen LogP contribution in [0.3, 0.4) is 0 Å². The van der Waals surface area contributed by atoms with Crippen molar-refractivity contribution in [3.05, 3.63) is 129 Å². The number of sulfonamides is 1. The van der Waals surface area contributed by atoms with Crippen molar-refractivity contribution in [2.24, 2.45) is 0 Å². The highest BCUT2D eigenvalue weighted by Crippen LogP contribution is 2.33. The molecule has 4 aromatic carbocycles. The zero-order valence-corrected chi connectivity index (χ0v) is 27.2. The SMILES string of the molecule is CC(C)NC(=O)C(Cc1ccccc1)N(Cc1ccccc1Cl)C(=O)CN(c1cc(Cl)ccc1Cl)S(=O)(=O)c1ccccc1. The lowest BCUT2D eigenvalue weighted by Gasteiger charge is -2.34. The van der Waals surface area contributed by atoms with Gasteiger partial charge in [-0.3, -0.25) is 13.9 Å². The van der Waals surface area contributed by atoms with Crippen LogP contribution in [0.4, 0.5) is 5.69 Å². The lowest BCUT2D eigenvalue weighted by atomic mass is 10.0. The van der Waals surface area contributed by atoms with Crippen LogP contribution in [0.5, 0.6) is 0 Å². The zero-order valence-electron chi connectivity index (χ0n) is 24.2. The van der Waals surface area contributed by atoms with Gasteiger partial charge >= 0.3 is 0 Å². The number of carbonyl (C=O) groups excluding carboxylic acids is 2. The molecule has 0 aromatic heterocycles. The van der Waals surface area contributed by atoms with Gasteiger partial charge in [-0.1, -0.05) is 102 Å². The number of anilines is 1. The first-order valence-corrected chi connectivity index (χ1v) is 16.4. The van der Waals surface area contributed by atoms with E-state index in [1.165, 1.54) is 35.2 Å². The third-order valence-electron chi connectivity index (χ3n) is 6.79. The first-order valence-electron chi connectivity index (χ1n) is 13.9. The van der Waals surface area contributed by atoms with E-state index in [4.69, 9.17) is 34.8 Å². The molecule has 7 nitrogen and oxygen atoms in total. The Bertz CT molecular complexity index is 1700. The molecule has 0 aliphatic carbocycles. The molecule has 230 valence electrons. The average molecular weight is 673 g/mol. The number of nitrogens with one attached hydrogen (secondary N) is 1. The second kappa shape index (κ2) is 14.9.